The van der Waals surface area contributed by atoms with Crippen LogP contribution in [0.1, 0.15) is 52.8 Å². The van der Waals surface area contributed by atoms with Crippen LogP contribution >= 0.6 is 15.9 Å². The number of aryl methyl sites for hydroxylation is 1. The van der Waals surface area contributed by atoms with E-state index in [1.807, 2.05) is 38.1 Å². The number of H-pyrrole nitrogens is 1. The second-order valence-electron chi connectivity index (χ2n) is 8.19. The maximum Gasteiger partial charge on any atom is 0.354 e. The maximum absolute atomic E-state index is 13.3. The third-order valence-corrected chi connectivity index (χ3v) is 6.87. The molecule has 1 atom stereocenters. The van der Waals surface area contributed by atoms with Crippen molar-refractivity contribution in [1.82, 2.24) is 14.8 Å². The zero-order valence-corrected chi connectivity index (χ0v) is 21.7. The summed E-state index contributed by atoms with van der Waals surface area (Å²) in [5.74, 6) is -2.29. The Balaban J connectivity index is 2.17. The number of ether oxygens (including phenoxy) is 1. The molecule has 1 fully saturated rings. The van der Waals surface area contributed by atoms with Crippen molar-refractivity contribution in [2.45, 2.75) is 33.7 Å². The fraction of sp³-hybridized carbons (Fsp3) is 0.400. The molecule has 34 heavy (non-hydrogen) atoms. The molecule has 2 aromatic rings. The van der Waals surface area contributed by atoms with E-state index in [4.69, 9.17) is 4.74 Å². The predicted octanol–water partition coefficient (Wildman–Crippen LogP) is 3.94. The van der Waals surface area contributed by atoms with Gasteiger partial charge in [0.05, 0.1) is 18.7 Å². The average Bonchev–Trinajstić information content (AvgIpc) is 3.26. The van der Waals surface area contributed by atoms with Gasteiger partial charge in [-0.1, -0.05) is 41.9 Å². The predicted molar refractivity (Wildman–Crippen MR) is 133 cm³/mol. The van der Waals surface area contributed by atoms with Crippen LogP contribution in [-0.4, -0.2) is 70.8 Å². The van der Waals surface area contributed by atoms with Gasteiger partial charge in [0.1, 0.15) is 11.5 Å². The van der Waals surface area contributed by atoms with Crippen molar-refractivity contribution in [3.05, 3.63) is 62.4 Å². The second kappa shape index (κ2) is 10.6. The van der Waals surface area contributed by atoms with E-state index in [-0.39, 0.29) is 17.0 Å². The van der Waals surface area contributed by atoms with Crippen molar-refractivity contribution >= 4 is 39.3 Å². The van der Waals surface area contributed by atoms with E-state index in [1.165, 1.54) is 12.0 Å². The summed E-state index contributed by atoms with van der Waals surface area (Å²) in [5.41, 5.74) is 2.18. The van der Waals surface area contributed by atoms with Gasteiger partial charge in [0, 0.05) is 28.8 Å². The van der Waals surface area contributed by atoms with Gasteiger partial charge in [-0.2, -0.15) is 0 Å². The van der Waals surface area contributed by atoms with Crippen molar-refractivity contribution in [2.75, 3.05) is 33.3 Å². The summed E-state index contributed by atoms with van der Waals surface area (Å²) < 4.78 is 5.67. The molecule has 1 aliphatic heterocycles. The smallest absolute Gasteiger partial charge is 0.354 e. The highest BCUT2D eigenvalue weighted by molar-refractivity contribution is 9.10. The van der Waals surface area contributed by atoms with Gasteiger partial charge in [0.25, 0.3) is 11.7 Å². The first-order chi connectivity index (χ1) is 16.2. The fourth-order valence-corrected chi connectivity index (χ4v) is 4.70. The van der Waals surface area contributed by atoms with Crippen molar-refractivity contribution in [3.63, 3.8) is 0 Å². The number of Topliss-reactive ketones (excluding diaryl/α,β-unsaturated/α-hetero) is 1. The van der Waals surface area contributed by atoms with Crippen molar-refractivity contribution < 1.29 is 24.2 Å². The van der Waals surface area contributed by atoms with Gasteiger partial charge in [-0.3, -0.25) is 9.59 Å². The van der Waals surface area contributed by atoms with Gasteiger partial charge < -0.3 is 24.6 Å². The van der Waals surface area contributed by atoms with E-state index >= 15 is 0 Å². The Morgan fingerprint density at radius 1 is 1.18 bits per heavy atom. The quantitative estimate of drug-likeness (QED) is 0.231. The Morgan fingerprint density at radius 3 is 2.35 bits per heavy atom. The number of hydrogen-bond acceptors (Lipinski definition) is 6. The molecular weight excluding hydrogens is 502 g/mol. The minimum atomic E-state index is -0.751. The zero-order chi connectivity index (χ0) is 25.2. The van der Waals surface area contributed by atoms with Gasteiger partial charge >= 0.3 is 5.97 Å². The van der Waals surface area contributed by atoms with Crippen LogP contribution in [0, 0.1) is 13.8 Å². The summed E-state index contributed by atoms with van der Waals surface area (Å²) in [4.78, 5) is 45.2. The van der Waals surface area contributed by atoms with Crippen LogP contribution in [0.4, 0.5) is 0 Å². The van der Waals surface area contributed by atoms with Gasteiger partial charge in [0.2, 0.25) is 0 Å². The fourth-order valence-electron chi connectivity index (χ4n) is 4.44. The van der Waals surface area contributed by atoms with E-state index in [9.17, 15) is 19.5 Å². The highest BCUT2D eigenvalue weighted by Crippen LogP contribution is 2.41. The number of likely N-dealkylation sites (tertiary alicyclic amines) is 1. The average molecular weight is 532 g/mol. The number of amides is 1. The van der Waals surface area contributed by atoms with Gasteiger partial charge in [-0.15, -0.1) is 0 Å². The van der Waals surface area contributed by atoms with Crippen molar-refractivity contribution in [3.8, 4) is 0 Å². The number of carbonyl (C=O) groups is 3. The number of aromatic amines is 1. The Labute approximate surface area is 207 Å². The number of benzene rings is 1. The highest BCUT2D eigenvalue weighted by atomic mass is 79.9. The number of aromatic nitrogens is 1. The highest BCUT2D eigenvalue weighted by Gasteiger charge is 2.46. The normalized spacial score (nSPS) is 17.6. The SMILES string of the molecule is CCN(CC)CCN1C(=O)C(=O)/C(=C(/O)c2c(C)[nH]c(C(=O)OC)c2C)[C@H]1c1ccc(Br)cc1. The lowest BCUT2D eigenvalue weighted by Gasteiger charge is -2.28. The van der Waals surface area contributed by atoms with Crippen LogP contribution in [0.3, 0.4) is 0 Å². The van der Waals surface area contributed by atoms with Crippen molar-refractivity contribution in [1.29, 1.82) is 0 Å². The molecule has 1 amide bonds. The number of methoxy groups -OCH3 is 1. The summed E-state index contributed by atoms with van der Waals surface area (Å²) in [5, 5.41) is 11.4. The Bertz CT molecular complexity index is 1130. The summed E-state index contributed by atoms with van der Waals surface area (Å²) in [6.07, 6.45) is 0. The molecule has 1 aromatic heterocycles. The van der Waals surface area contributed by atoms with Crippen LogP contribution < -0.4 is 0 Å². The number of ketones is 1. The third-order valence-electron chi connectivity index (χ3n) is 6.34. The summed E-state index contributed by atoms with van der Waals surface area (Å²) in [7, 11) is 1.27. The molecule has 0 spiro atoms. The molecule has 0 saturated carbocycles. The van der Waals surface area contributed by atoms with E-state index in [2.05, 4.69) is 25.8 Å². The lowest BCUT2D eigenvalue weighted by Crippen LogP contribution is -2.38. The molecule has 0 unspecified atom stereocenters. The van der Waals surface area contributed by atoms with Crippen LogP contribution in [-0.2, 0) is 14.3 Å². The lowest BCUT2D eigenvalue weighted by atomic mass is 9.94. The molecule has 2 N–H and O–H groups in total. The Hall–Kier alpha value is -2.91. The molecule has 0 aliphatic carbocycles. The third kappa shape index (κ3) is 4.67. The first-order valence-corrected chi connectivity index (χ1v) is 12.0. The molecule has 0 bridgehead atoms. The van der Waals surface area contributed by atoms with E-state index in [1.54, 1.807) is 13.8 Å². The van der Waals surface area contributed by atoms with E-state index in [0.29, 0.717) is 35.5 Å². The number of likely N-dealkylation sites (N-methyl/N-ethyl adjacent to an activating group) is 1. The number of nitrogens with zero attached hydrogens (tertiary/aromatic N) is 2. The minimum Gasteiger partial charge on any atom is -0.507 e. The molecule has 9 heteroatoms. The van der Waals surface area contributed by atoms with Gasteiger partial charge in [-0.25, -0.2) is 4.79 Å². The maximum atomic E-state index is 13.3. The first kappa shape index (κ1) is 25.7. The number of carbonyl (C=O) groups excluding carboxylic acids is 3. The Morgan fingerprint density at radius 2 is 1.79 bits per heavy atom. The van der Waals surface area contributed by atoms with Crippen LogP contribution in [0.2, 0.25) is 0 Å². The number of halogens is 1. The molecule has 1 saturated heterocycles. The largest absolute Gasteiger partial charge is 0.507 e. The minimum absolute atomic E-state index is 0.00786. The molecule has 182 valence electrons. The summed E-state index contributed by atoms with van der Waals surface area (Å²) in [6, 6.07) is 6.58. The molecule has 1 aliphatic rings. The number of esters is 1. The van der Waals surface area contributed by atoms with Crippen LogP contribution in [0.15, 0.2) is 34.3 Å². The molecule has 1 aromatic carbocycles. The van der Waals surface area contributed by atoms with Crippen LogP contribution in [0.25, 0.3) is 5.76 Å². The van der Waals surface area contributed by atoms with Crippen molar-refractivity contribution in [2.24, 2.45) is 0 Å². The number of aliphatic hydroxyl groups excluding tert-OH is 1. The molecular formula is C25H30BrN3O5. The number of nitrogens with one attached hydrogen (secondary N) is 1. The topological polar surface area (TPSA) is 103 Å². The van der Waals surface area contributed by atoms with E-state index in [0.717, 1.165) is 17.6 Å². The van der Waals surface area contributed by atoms with Crippen LogP contribution in [0.5, 0.6) is 0 Å². The Kier molecular flexibility index (Phi) is 7.99. The molecule has 2 heterocycles. The number of rotatable bonds is 8. The van der Waals surface area contributed by atoms with Gasteiger partial charge in [0.15, 0.2) is 0 Å². The summed E-state index contributed by atoms with van der Waals surface area (Å²) in [6.45, 7) is 10.0. The van der Waals surface area contributed by atoms with E-state index < -0.39 is 23.7 Å². The lowest BCUT2D eigenvalue weighted by molar-refractivity contribution is -0.140. The molecule has 0 radical (unpaired) electrons. The first-order valence-electron chi connectivity index (χ1n) is 11.2. The monoisotopic (exact) mass is 531 g/mol. The number of hydrogen-bond donors (Lipinski definition) is 2. The molecule has 8 nitrogen and oxygen atoms in total. The van der Waals surface area contributed by atoms with Gasteiger partial charge in [-0.05, 0) is 50.2 Å². The zero-order valence-electron chi connectivity index (χ0n) is 20.1. The molecule has 3 rings (SSSR count). The number of aliphatic hydroxyl groups is 1. The summed E-state index contributed by atoms with van der Waals surface area (Å²) >= 11 is 3.42. The standard InChI is InChI=1S/C25H30BrN3O5/c1-6-28(7-2)12-13-29-21(16-8-10-17(26)11-9-16)19(23(31)24(29)32)22(30)18-14(3)20(25(33)34-5)27-15(18)4/h8-11,21,27,30H,6-7,12-13H2,1-5H3/b22-19+/t21-/m1/s1. The second-order valence-corrected chi connectivity index (χ2v) is 9.10.